The minimum Gasteiger partial charge on any atom is -0.384 e. The molecule has 1 atom stereocenters. The zero-order chi connectivity index (χ0) is 16.4. The van der Waals surface area contributed by atoms with Crippen LogP contribution in [0.15, 0.2) is 48.8 Å². The van der Waals surface area contributed by atoms with Gasteiger partial charge in [-0.25, -0.2) is 9.50 Å². The van der Waals surface area contributed by atoms with Gasteiger partial charge in [0.15, 0.2) is 5.65 Å². The van der Waals surface area contributed by atoms with Crippen LogP contribution in [-0.2, 0) is 5.60 Å². The number of aliphatic hydroxyl groups is 1. The maximum atomic E-state index is 12.5. The second-order valence-corrected chi connectivity index (χ2v) is 5.67. The Hall–Kier alpha value is -2.73. The summed E-state index contributed by atoms with van der Waals surface area (Å²) < 4.78 is 1.57. The fourth-order valence-corrected chi connectivity index (χ4v) is 2.50. The molecule has 3 rings (SSSR count). The van der Waals surface area contributed by atoms with Crippen molar-refractivity contribution in [1.82, 2.24) is 19.9 Å². The van der Waals surface area contributed by atoms with Gasteiger partial charge in [-0.15, -0.1) is 0 Å². The van der Waals surface area contributed by atoms with Crippen LogP contribution in [0.4, 0.5) is 0 Å². The molecule has 0 aliphatic carbocycles. The number of aromatic nitrogens is 3. The fourth-order valence-electron chi connectivity index (χ4n) is 2.50. The van der Waals surface area contributed by atoms with E-state index in [2.05, 4.69) is 15.4 Å². The number of carbonyl (C=O) groups excluding carboxylic acids is 1. The molecule has 23 heavy (non-hydrogen) atoms. The number of hydrogen-bond donors (Lipinski definition) is 2. The summed E-state index contributed by atoms with van der Waals surface area (Å²) in [7, 11) is 0. The number of aryl methyl sites for hydroxylation is 1. The molecule has 2 heterocycles. The third kappa shape index (κ3) is 2.93. The smallest absolute Gasteiger partial charge is 0.257 e. The van der Waals surface area contributed by atoms with Crippen molar-refractivity contribution in [1.29, 1.82) is 0 Å². The van der Waals surface area contributed by atoms with Crippen molar-refractivity contribution in [2.45, 2.75) is 19.4 Å². The number of hydrogen-bond acceptors (Lipinski definition) is 4. The summed E-state index contributed by atoms with van der Waals surface area (Å²) in [5, 5.41) is 17.6. The summed E-state index contributed by atoms with van der Waals surface area (Å²) in [4.78, 5) is 16.7. The molecule has 6 nitrogen and oxygen atoms in total. The van der Waals surface area contributed by atoms with E-state index in [1.165, 1.54) is 0 Å². The molecule has 0 radical (unpaired) electrons. The zero-order valence-corrected chi connectivity index (χ0v) is 13.0. The molecule has 0 saturated heterocycles. The van der Waals surface area contributed by atoms with E-state index in [0.717, 1.165) is 5.56 Å². The van der Waals surface area contributed by atoms with Crippen LogP contribution in [-0.4, -0.2) is 32.2 Å². The Kier molecular flexibility index (Phi) is 3.83. The summed E-state index contributed by atoms with van der Waals surface area (Å²) in [6, 6.07) is 11.0. The number of benzene rings is 1. The van der Waals surface area contributed by atoms with E-state index < -0.39 is 5.60 Å². The van der Waals surface area contributed by atoms with Gasteiger partial charge in [0.05, 0.1) is 12.2 Å². The van der Waals surface area contributed by atoms with Gasteiger partial charge in [-0.2, -0.15) is 5.10 Å². The van der Waals surface area contributed by atoms with Crippen LogP contribution < -0.4 is 5.32 Å². The Bertz CT molecular complexity index is 840. The van der Waals surface area contributed by atoms with Crippen molar-refractivity contribution < 1.29 is 9.90 Å². The first-order valence-corrected chi connectivity index (χ1v) is 7.35. The largest absolute Gasteiger partial charge is 0.384 e. The highest BCUT2D eigenvalue weighted by atomic mass is 16.3. The van der Waals surface area contributed by atoms with Crippen LogP contribution in [0.1, 0.15) is 28.5 Å². The summed E-state index contributed by atoms with van der Waals surface area (Å²) in [6.45, 7) is 3.53. The van der Waals surface area contributed by atoms with E-state index in [0.29, 0.717) is 16.9 Å². The van der Waals surface area contributed by atoms with Crippen molar-refractivity contribution in [2.75, 3.05) is 6.54 Å². The van der Waals surface area contributed by atoms with Crippen LogP contribution in [0.5, 0.6) is 0 Å². The van der Waals surface area contributed by atoms with Gasteiger partial charge < -0.3 is 10.4 Å². The van der Waals surface area contributed by atoms with Crippen molar-refractivity contribution in [2.24, 2.45) is 0 Å². The van der Waals surface area contributed by atoms with Gasteiger partial charge in [-0.05, 0) is 25.5 Å². The van der Waals surface area contributed by atoms with Crippen LogP contribution in [0, 0.1) is 6.92 Å². The number of nitrogens with one attached hydrogen (secondary N) is 1. The maximum absolute atomic E-state index is 12.5. The zero-order valence-electron chi connectivity index (χ0n) is 13.0. The molecular weight excluding hydrogens is 292 g/mol. The van der Waals surface area contributed by atoms with E-state index in [9.17, 15) is 9.90 Å². The molecular formula is C17H18N4O2. The molecule has 1 aromatic carbocycles. The maximum Gasteiger partial charge on any atom is 0.257 e. The number of nitrogens with zero attached hydrogens (tertiary/aromatic N) is 3. The molecule has 0 fully saturated rings. The number of fused-ring (bicyclic) bond motifs is 1. The highest BCUT2D eigenvalue weighted by molar-refractivity contribution is 6.01. The van der Waals surface area contributed by atoms with E-state index in [-0.39, 0.29) is 12.5 Å². The summed E-state index contributed by atoms with van der Waals surface area (Å²) >= 11 is 0. The number of carbonyl (C=O) groups is 1. The first kappa shape index (κ1) is 15.2. The second-order valence-electron chi connectivity index (χ2n) is 5.67. The molecule has 0 bridgehead atoms. The standard InChI is InChI=1S/C17H18N4O2/c1-12-14(15-18-9-6-10-21(15)20-12)16(22)19-11-17(2,23)13-7-4-3-5-8-13/h3-10,23H,11H2,1-2H3,(H,19,22). The van der Waals surface area contributed by atoms with Gasteiger partial charge in [0, 0.05) is 12.4 Å². The Labute approximate surface area is 133 Å². The Morgan fingerprint density at radius 3 is 2.78 bits per heavy atom. The highest BCUT2D eigenvalue weighted by Crippen LogP contribution is 2.19. The lowest BCUT2D eigenvalue weighted by Crippen LogP contribution is -2.38. The van der Waals surface area contributed by atoms with Crippen molar-refractivity contribution >= 4 is 11.6 Å². The molecule has 0 aliphatic rings. The Balaban J connectivity index is 1.80. The van der Waals surface area contributed by atoms with E-state index in [4.69, 9.17) is 0 Å². The SMILES string of the molecule is Cc1nn2cccnc2c1C(=O)NCC(C)(O)c1ccccc1. The van der Waals surface area contributed by atoms with Gasteiger partial charge in [0.2, 0.25) is 0 Å². The van der Waals surface area contributed by atoms with Crippen molar-refractivity contribution in [3.8, 4) is 0 Å². The lowest BCUT2D eigenvalue weighted by atomic mass is 9.96. The average Bonchev–Trinajstić information content (AvgIpc) is 2.89. The molecule has 2 aromatic heterocycles. The van der Waals surface area contributed by atoms with E-state index in [1.54, 1.807) is 36.8 Å². The first-order valence-electron chi connectivity index (χ1n) is 7.35. The number of rotatable bonds is 4. The topological polar surface area (TPSA) is 79.5 Å². The van der Waals surface area contributed by atoms with Gasteiger partial charge in [-0.1, -0.05) is 30.3 Å². The third-order valence-corrected chi connectivity index (χ3v) is 3.79. The van der Waals surface area contributed by atoms with Crippen LogP contribution in [0.3, 0.4) is 0 Å². The van der Waals surface area contributed by atoms with Gasteiger partial charge in [0.25, 0.3) is 5.91 Å². The molecule has 0 aliphatic heterocycles. The van der Waals surface area contributed by atoms with Crippen LogP contribution in [0.2, 0.25) is 0 Å². The van der Waals surface area contributed by atoms with Gasteiger partial charge in [-0.3, -0.25) is 4.79 Å². The second kappa shape index (κ2) is 5.81. The fraction of sp³-hybridized carbons (Fsp3) is 0.235. The third-order valence-electron chi connectivity index (χ3n) is 3.79. The number of amides is 1. The monoisotopic (exact) mass is 310 g/mol. The molecule has 6 heteroatoms. The Morgan fingerprint density at radius 1 is 1.30 bits per heavy atom. The minimum atomic E-state index is -1.15. The summed E-state index contributed by atoms with van der Waals surface area (Å²) in [6.07, 6.45) is 3.36. The molecule has 118 valence electrons. The van der Waals surface area contributed by atoms with Gasteiger partial charge >= 0.3 is 0 Å². The van der Waals surface area contributed by atoms with Crippen molar-refractivity contribution in [3.05, 3.63) is 65.6 Å². The average molecular weight is 310 g/mol. The summed E-state index contributed by atoms with van der Waals surface area (Å²) in [5.74, 6) is -0.299. The lowest BCUT2D eigenvalue weighted by Gasteiger charge is -2.24. The molecule has 0 saturated carbocycles. The summed E-state index contributed by atoms with van der Waals surface area (Å²) in [5.41, 5.74) is 1.12. The molecule has 2 N–H and O–H groups in total. The Morgan fingerprint density at radius 2 is 2.04 bits per heavy atom. The van der Waals surface area contributed by atoms with E-state index in [1.807, 2.05) is 30.3 Å². The molecule has 3 aromatic rings. The molecule has 1 amide bonds. The predicted molar refractivity (Wildman–Crippen MR) is 86.1 cm³/mol. The molecule has 0 spiro atoms. The van der Waals surface area contributed by atoms with Gasteiger partial charge in [0.1, 0.15) is 11.2 Å². The molecule has 1 unspecified atom stereocenters. The van der Waals surface area contributed by atoms with Crippen LogP contribution >= 0.6 is 0 Å². The quantitative estimate of drug-likeness (QED) is 0.768. The predicted octanol–water partition coefficient (Wildman–Crippen LogP) is 1.68. The highest BCUT2D eigenvalue weighted by Gasteiger charge is 2.25. The lowest BCUT2D eigenvalue weighted by molar-refractivity contribution is 0.0526. The first-order chi connectivity index (χ1) is 11.0. The van der Waals surface area contributed by atoms with Crippen LogP contribution in [0.25, 0.3) is 5.65 Å². The normalized spacial score (nSPS) is 13.7. The van der Waals surface area contributed by atoms with E-state index >= 15 is 0 Å². The minimum absolute atomic E-state index is 0.0967. The van der Waals surface area contributed by atoms with Crippen molar-refractivity contribution in [3.63, 3.8) is 0 Å².